The number of ether oxygens (including phenoxy) is 2. The number of rotatable bonds is 5. The van der Waals surface area contributed by atoms with Gasteiger partial charge in [0.25, 0.3) is 0 Å². The smallest absolute Gasteiger partial charge is 0.122 e. The van der Waals surface area contributed by atoms with Gasteiger partial charge in [0.2, 0.25) is 0 Å². The lowest BCUT2D eigenvalue weighted by atomic mass is 9.76. The maximum atomic E-state index is 10.7. The number of hydrogen-bond donors (Lipinski definition) is 1. The molecule has 1 aliphatic carbocycles. The molecule has 0 saturated heterocycles. The maximum absolute atomic E-state index is 10.7. The Hall–Kier alpha value is -1.22. The topological polar surface area (TPSA) is 38.7 Å². The van der Waals surface area contributed by atoms with E-state index in [-0.39, 0.29) is 0 Å². The summed E-state index contributed by atoms with van der Waals surface area (Å²) >= 11 is 0. The molecule has 3 atom stereocenters. The van der Waals surface area contributed by atoms with E-state index >= 15 is 0 Å². The molecule has 0 heterocycles. The summed E-state index contributed by atoms with van der Waals surface area (Å²) in [5.41, 5.74) is 0.906. The van der Waals surface area contributed by atoms with Gasteiger partial charge in [0, 0.05) is 6.07 Å². The van der Waals surface area contributed by atoms with E-state index < -0.39 is 6.10 Å². The first kappa shape index (κ1) is 15.2. The van der Waals surface area contributed by atoms with Gasteiger partial charge in [-0.25, -0.2) is 0 Å². The second-order valence-electron chi connectivity index (χ2n) is 5.79. The highest BCUT2D eigenvalue weighted by Crippen LogP contribution is 2.39. The van der Waals surface area contributed by atoms with Crippen LogP contribution >= 0.6 is 0 Å². The quantitative estimate of drug-likeness (QED) is 0.886. The molecular formula is C17H26O3. The van der Waals surface area contributed by atoms with Crippen LogP contribution in [0.15, 0.2) is 18.2 Å². The lowest BCUT2D eigenvalue weighted by Crippen LogP contribution is -2.21. The summed E-state index contributed by atoms with van der Waals surface area (Å²) in [7, 11) is 3.28. The summed E-state index contributed by atoms with van der Waals surface area (Å²) in [6, 6.07) is 5.68. The van der Waals surface area contributed by atoms with Gasteiger partial charge >= 0.3 is 0 Å². The molecule has 1 saturated carbocycles. The summed E-state index contributed by atoms with van der Waals surface area (Å²) in [5.74, 6) is 2.59. The molecule has 0 aromatic heterocycles. The molecule has 2 rings (SSSR count). The van der Waals surface area contributed by atoms with Crippen molar-refractivity contribution in [1.82, 2.24) is 0 Å². The zero-order chi connectivity index (χ0) is 14.5. The lowest BCUT2D eigenvalue weighted by molar-refractivity contribution is 0.0674. The third-order valence-corrected chi connectivity index (χ3v) is 4.56. The number of aliphatic hydroxyl groups excluding tert-OH is 1. The van der Waals surface area contributed by atoms with Gasteiger partial charge in [-0.3, -0.25) is 0 Å². The molecule has 1 N–H and O–H groups in total. The first-order chi connectivity index (χ1) is 9.67. The Morgan fingerprint density at radius 3 is 2.35 bits per heavy atom. The maximum Gasteiger partial charge on any atom is 0.122 e. The average Bonchev–Trinajstić information content (AvgIpc) is 2.53. The highest BCUT2D eigenvalue weighted by molar-refractivity contribution is 5.39. The molecule has 0 spiro atoms. The monoisotopic (exact) mass is 278 g/mol. The molecule has 3 nitrogen and oxygen atoms in total. The van der Waals surface area contributed by atoms with Crippen LogP contribution in [0.2, 0.25) is 0 Å². The molecule has 20 heavy (non-hydrogen) atoms. The minimum absolute atomic E-state index is 0.352. The molecule has 0 amide bonds. The van der Waals surface area contributed by atoms with Crippen LogP contribution in [0.1, 0.15) is 50.7 Å². The molecule has 1 aromatic rings. The molecule has 1 aliphatic rings. The Kier molecular flexibility index (Phi) is 5.30. The molecule has 3 unspecified atom stereocenters. The van der Waals surface area contributed by atoms with Crippen LogP contribution in [0.4, 0.5) is 0 Å². The van der Waals surface area contributed by atoms with Gasteiger partial charge in [0.05, 0.1) is 20.3 Å². The van der Waals surface area contributed by atoms with Crippen molar-refractivity contribution in [2.24, 2.45) is 11.8 Å². The van der Waals surface area contributed by atoms with Crippen molar-refractivity contribution < 1.29 is 14.6 Å². The fraction of sp³-hybridized carbons (Fsp3) is 0.647. The van der Waals surface area contributed by atoms with Crippen LogP contribution < -0.4 is 9.47 Å². The zero-order valence-corrected chi connectivity index (χ0v) is 12.8. The van der Waals surface area contributed by atoms with Crippen molar-refractivity contribution in [3.8, 4) is 11.5 Å². The van der Waals surface area contributed by atoms with Crippen LogP contribution in [0.5, 0.6) is 11.5 Å². The van der Waals surface area contributed by atoms with Gasteiger partial charge in [-0.05, 0) is 42.4 Å². The Bertz CT molecular complexity index is 408. The van der Waals surface area contributed by atoms with Gasteiger partial charge in [-0.1, -0.05) is 26.2 Å². The molecule has 1 fully saturated rings. The summed E-state index contributed by atoms with van der Waals surface area (Å²) in [5, 5.41) is 10.7. The minimum Gasteiger partial charge on any atom is -0.497 e. The van der Waals surface area contributed by atoms with Crippen molar-refractivity contribution >= 4 is 0 Å². The number of hydrogen-bond acceptors (Lipinski definition) is 3. The van der Waals surface area contributed by atoms with Crippen molar-refractivity contribution in [3.05, 3.63) is 23.8 Å². The molecule has 1 aromatic carbocycles. The van der Waals surface area contributed by atoms with Crippen LogP contribution in [-0.4, -0.2) is 19.3 Å². The number of benzene rings is 1. The predicted octanol–water partition coefficient (Wildman–Crippen LogP) is 3.95. The van der Waals surface area contributed by atoms with E-state index in [1.54, 1.807) is 14.2 Å². The lowest BCUT2D eigenvalue weighted by Gasteiger charge is -2.32. The Morgan fingerprint density at radius 1 is 1.15 bits per heavy atom. The molecule has 112 valence electrons. The van der Waals surface area contributed by atoms with Crippen molar-refractivity contribution in [3.63, 3.8) is 0 Å². The molecule has 0 aliphatic heterocycles. The third kappa shape index (κ3) is 3.45. The van der Waals surface area contributed by atoms with E-state index in [2.05, 4.69) is 6.92 Å². The van der Waals surface area contributed by atoms with Crippen LogP contribution in [0.25, 0.3) is 0 Å². The Morgan fingerprint density at radius 2 is 1.80 bits per heavy atom. The highest BCUT2D eigenvalue weighted by atomic mass is 16.5. The second-order valence-corrected chi connectivity index (χ2v) is 5.79. The zero-order valence-electron chi connectivity index (χ0n) is 12.8. The van der Waals surface area contributed by atoms with E-state index in [1.807, 2.05) is 18.2 Å². The normalized spacial score (nSPS) is 24.2. The SMILES string of the molecule is CCC1CCCC(C(O)c2cc(OC)cc(OC)c2)C1. The van der Waals surface area contributed by atoms with E-state index in [0.717, 1.165) is 35.8 Å². The van der Waals surface area contributed by atoms with Crippen LogP contribution in [-0.2, 0) is 0 Å². The van der Waals surface area contributed by atoms with Gasteiger partial charge in [0.15, 0.2) is 0 Å². The molecule has 0 radical (unpaired) electrons. The first-order valence-electron chi connectivity index (χ1n) is 7.59. The first-order valence-corrected chi connectivity index (χ1v) is 7.59. The van der Waals surface area contributed by atoms with E-state index in [4.69, 9.17) is 9.47 Å². The van der Waals surface area contributed by atoms with Crippen LogP contribution in [0.3, 0.4) is 0 Å². The van der Waals surface area contributed by atoms with Gasteiger partial charge < -0.3 is 14.6 Å². The fourth-order valence-corrected chi connectivity index (χ4v) is 3.26. The van der Waals surface area contributed by atoms with Gasteiger partial charge in [-0.15, -0.1) is 0 Å². The standard InChI is InChI=1S/C17H26O3/c1-4-12-6-5-7-13(8-12)17(18)14-9-15(19-2)11-16(10-14)20-3/h9-13,17-18H,4-8H2,1-3H3. The predicted molar refractivity (Wildman–Crippen MR) is 80.2 cm³/mol. The van der Waals surface area contributed by atoms with E-state index in [1.165, 1.54) is 19.3 Å². The van der Waals surface area contributed by atoms with Crippen molar-refractivity contribution in [2.45, 2.75) is 45.1 Å². The molecular weight excluding hydrogens is 252 g/mol. The van der Waals surface area contributed by atoms with Crippen LogP contribution in [0, 0.1) is 11.8 Å². The van der Waals surface area contributed by atoms with E-state index in [9.17, 15) is 5.11 Å². The van der Waals surface area contributed by atoms with E-state index in [0.29, 0.717) is 5.92 Å². The molecule has 0 bridgehead atoms. The third-order valence-electron chi connectivity index (χ3n) is 4.56. The summed E-state index contributed by atoms with van der Waals surface area (Å²) in [6.07, 6.45) is 5.55. The second kappa shape index (κ2) is 6.98. The summed E-state index contributed by atoms with van der Waals surface area (Å²) in [6.45, 7) is 2.24. The highest BCUT2D eigenvalue weighted by Gasteiger charge is 2.28. The largest absolute Gasteiger partial charge is 0.497 e. The van der Waals surface area contributed by atoms with Gasteiger partial charge in [0.1, 0.15) is 11.5 Å². The van der Waals surface area contributed by atoms with Crippen molar-refractivity contribution in [2.75, 3.05) is 14.2 Å². The van der Waals surface area contributed by atoms with Crippen molar-refractivity contribution in [1.29, 1.82) is 0 Å². The number of methoxy groups -OCH3 is 2. The fourth-order valence-electron chi connectivity index (χ4n) is 3.26. The summed E-state index contributed by atoms with van der Waals surface area (Å²) in [4.78, 5) is 0. The average molecular weight is 278 g/mol. The minimum atomic E-state index is -0.423. The molecule has 3 heteroatoms. The van der Waals surface area contributed by atoms with Gasteiger partial charge in [-0.2, -0.15) is 0 Å². The number of aliphatic hydroxyl groups is 1. The Balaban J connectivity index is 2.17. The Labute approximate surface area is 121 Å². The summed E-state index contributed by atoms with van der Waals surface area (Å²) < 4.78 is 10.6.